The third-order valence-electron chi connectivity index (χ3n) is 2.85. The molecule has 1 unspecified atom stereocenters. The van der Waals surface area contributed by atoms with Crippen LogP contribution in [-0.4, -0.2) is 11.2 Å². The first kappa shape index (κ1) is 9.79. The summed E-state index contributed by atoms with van der Waals surface area (Å²) in [6.07, 6.45) is 7.40. The number of hydrogen-bond acceptors (Lipinski definition) is 1. The van der Waals surface area contributed by atoms with Crippen LogP contribution in [0, 0.1) is 5.92 Å². The first-order chi connectivity index (χ1) is 5.72. The fraction of sp³-hybridized carbons (Fsp3) is 0.818. The molecule has 0 spiro atoms. The van der Waals surface area contributed by atoms with Crippen molar-refractivity contribution < 1.29 is 5.11 Å². The van der Waals surface area contributed by atoms with Gasteiger partial charge in [0.1, 0.15) is 0 Å². The Morgan fingerprint density at radius 2 is 1.75 bits per heavy atom. The molecule has 12 heavy (non-hydrogen) atoms. The lowest BCUT2D eigenvalue weighted by molar-refractivity contribution is 0.131. The third-order valence-corrected chi connectivity index (χ3v) is 2.85. The molecule has 1 N–H and O–H groups in total. The van der Waals surface area contributed by atoms with Crippen LogP contribution in [0.1, 0.15) is 45.4 Å². The highest BCUT2D eigenvalue weighted by Crippen LogP contribution is 2.27. The van der Waals surface area contributed by atoms with Crippen molar-refractivity contribution in [3.05, 3.63) is 12.2 Å². The van der Waals surface area contributed by atoms with Crippen LogP contribution >= 0.6 is 0 Å². The molecule has 1 aliphatic rings. The molecular weight excluding hydrogens is 148 g/mol. The van der Waals surface area contributed by atoms with E-state index in [1.54, 1.807) is 0 Å². The monoisotopic (exact) mass is 168 g/mol. The van der Waals surface area contributed by atoms with E-state index in [9.17, 15) is 5.11 Å². The van der Waals surface area contributed by atoms with Gasteiger partial charge in [-0.2, -0.15) is 0 Å². The Morgan fingerprint density at radius 1 is 1.25 bits per heavy atom. The average Bonchev–Trinajstić information content (AvgIpc) is 2.30. The van der Waals surface area contributed by atoms with Gasteiger partial charge < -0.3 is 5.11 Å². The average molecular weight is 168 g/mol. The molecule has 0 saturated heterocycles. The number of rotatable bonds is 2. The van der Waals surface area contributed by atoms with E-state index in [0.29, 0.717) is 5.92 Å². The summed E-state index contributed by atoms with van der Waals surface area (Å²) in [5.41, 5.74) is 0.932. The molecule has 0 radical (unpaired) electrons. The summed E-state index contributed by atoms with van der Waals surface area (Å²) in [4.78, 5) is 0. The summed E-state index contributed by atoms with van der Waals surface area (Å²) in [6, 6.07) is 0. The molecular formula is C11H20O. The van der Waals surface area contributed by atoms with Gasteiger partial charge in [0.2, 0.25) is 0 Å². The minimum absolute atomic E-state index is 0.247. The second-order valence-electron chi connectivity index (χ2n) is 4.04. The maximum atomic E-state index is 9.78. The van der Waals surface area contributed by atoms with Gasteiger partial charge in [-0.3, -0.25) is 0 Å². The smallest absolute Gasteiger partial charge is 0.0772 e. The first-order valence-corrected chi connectivity index (χ1v) is 5.05. The highest BCUT2D eigenvalue weighted by molar-refractivity contribution is 4.99. The van der Waals surface area contributed by atoms with Gasteiger partial charge in [0, 0.05) is 0 Å². The van der Waals surface area contributed by atoms with Gasteiger partial charge in [0.25, 0.3) is 0 Å². The largest absolute Gasteiger partial charge is 0.388 e. The first-order valence-electron chi connectivity index (χ1n) is 5.05. The fourth-order valence-electron chi connectivity index (χ4n) is 2.03. The van der Waals surface area contributed by atoms with Crippen molar-refractivity contribution in [2.24, 2.45) is 5.92 Å². The van der Waals surface area contributed by atoms with E-state index in [4.69, 9.17) is 0 Å². The lowest BCUT2D eigenvalue weighted by Gasteiger charge is -2.21. The Bertz CT molecular complexity index is 143. The highest BCUT2D eigenvalue weighted by Gasteiger charge is 2.20. The summed E-state index contributed by atoms with van der Waals surface area (Å²) in [6.45, 7) is 5.74. The quantitative estimate of drug-likeness (QED) is 0.496. The molecule has 1 rings (SSSR count). The summed E-state index contributed by atoms with van der Waals surface area (Å²) < 4.78 is 0. The number of aliphatic hydroxyl groups is 1. The van der Waals surface area contributed by atoms with Crippen molar-refractivity contribution >= 4 is 0 Å². The Kier molecular flexibility index (Phi) is 3.80. The molecule has 0 bridgehead atoms. The molecule has 0 aromatic heterocycles. The molecule has 0 aromatic carbocycles. The number of aliphatic hydroxyl groups excluding tert-OH is 1. The van der Waals surface area contributed by atoms with Crippen molar-refractivity contribution in [1.82, 2.24) is 0 Å². The van der Waals surface area contributed by atoms with Gasteiger partial charge >= 0.3 is 0 Å². The zero-order valence-electron chi connectivity index (χ0n) is 8.05. The maximum absolute atomic E-state index is 9.78. The lowest BCUT2D eigenvalue weighted by atomic mass is 9.90. The van der Waals surface area contributed by atoms with Crippen LogP contribution in [0.25, 0.3) is 0 Å². The molecule has 0 amide bonds. The van der Waals surface area contributed by atoms with E-state index < -0.39 is 0 Å². The molecule has 1 aliphatic carbocycles. The summed E-state index contributed by atoms with van der Waals surface area (Å²) in [7, 11) is 0. The van der Waals surface area contributed by atoms with Gasteiger partial charge in [0.05, 0.1) is 6.10 Å². The van der Waals surface area contributed by atoms with Crippen LogP contribution in [0.3, 0.4) is 0 Å². The van der Waals surface area contributed by atoms with Crippen LogP contribution in [0.2, 0.25) is 0 Å². The predicted molar refractivity (Wildman–Crippen MR) is 52.0 cm³/mol. The molecule has 1 nitrogen and oxygen atoms in total. The van der Waals surface area contributed by atoms with E-state index >= 15 is 0 Å². The Labute approximate surface area is 75.5 Å². The van der Waals surface area contributed by atoms with Gasteiger partial charge in [-0.05, 0) is 25.7 Å². The van der Waals surface area contributed by atoms with Crippen molar-refractivity contribution in [2.45, 2.75) is 51.6 Å². The topological polar surface area (TPSA) is 20.2 Å². The van der Waals surface area contributed by atoms with E-state index in [0.717, 1.165) is 5.57 Å². The van der Waals surface area contributed by atoms with E-state index in [2.05, 4.69) is 6.58 Å². The Morgan fingerprint density at radius 3 is 2.17 bits per heavy atom. The van der Waals surface area contributed by atoms with Crippen molar-refractivity contribution in [3.8, 4) is 0 Å². The minimum atomic E-state index is -0.247. The van der Waals surface area contributed by atoms with Crippen LogP contribution in [0.15, 0.2) is 12.2 Å². The standard InChI is InChI=1S/C11H20O/c1-9(2)11(12)10-7-5-3-4-6-8-10/h10-12H,1,3-8H2,2H3. The zero-order chi connectivity index (χ0) is 8.97. The molecule has 1 atom stereocenters. The molecule has 70 valence electrons. The van der Waals surface area contributed by atoms with Crippen molar-refractivity contribution in [2.75, 3.05) is 0 Å². The van der Waals surface area contributed by atoms with E-state index in [1.165, 1.54) is 38.5 Å². The Hall–Kier alpha value is -0.300. The highest BCUT2D eigenvalue weighted by atomic mass is 16.3. The molecule has 1 fully saturated rings. The maximum Gasteiger partial charge on any atom is 0.0772 e. The van der Waals surface area contributed by atoms with Crippen molar-refractivity contribution in [3.63, 3.8) is 0 Å². The lowest BCUT2D eigenvalue weighted by Crippen LogP contribution is -2.20. The minimum Gasteiger partial charge on any atom is -0.388 e. The van der Waals surface area contributed by atoms with Crippen LogP contribution in [0.5, 0.6) is 0 Å². The van der Waals surface area contributed by atoms with Crippen LogP contribution < -0.4 is 0 Å². The summed E-state index contributed by atoms with van der Waals surface area (Å²) >= 11 is 0. The SMILES string of the molecule is C=C(C)C(O)C1CCCCCC1. The molecule has 1 saturated carbocycles. The van der Waals surface area contributed by atoms with Gasteiger partial charge in [-0.15, -0.1) is 0 Å². The number of hydrogen-bond donors (Lipinski definition) is 1. The zero-order valence-corrected chi connectivity index (χ0v) is 8.05. The molecule has 1 heteroatoms. The van der Waals surface area contributed by atoms with Crippen LogP contribution in [0.4, 0.5) is 0 Å². The molecule has 0 aromatic rings. The fourth-order valence-corrected chi connectivity index (χ4v) is 2.03. The Balaban J connectivity index is 2.42. The van der Waals surface area contributed by atoms with E-state index in [1.807, 2.05) is 6.92 Å². The summed E-state index contributed by atoms with van der Waals surface area (Å²) in [5, 5.41) is 9.78. The van der Waals surface area contributed by atoms with Gasteiger partial charge in [-0.25, -0.2) is 0 Å². The normalized spacial score (nSPS) is 23.2. The van der Waals surface area contributed by atoms with E-state index in [-0.39, 0.29) is 6.10 Å². The van der Waals surface area contributed by atoms with Gasteiger partial charge in [-0.1, -0.05) is 37.8 Å². The predicted octanol–water partition coefficient (Wildman–Crippen LogP) is 2.89. The summed E-state index contributed by atoms with van der Waals surface area (Å²) in [5.74, 6) is 0.491. The van der Waals surface area contributed by atoms with Crippen molar-refractivity contribution in [1.29, 1.82) is 0 Å². The molecule has 0 aliphatic heterocycles. The molecule has 0 heterocycles. The van der Waals surface area contributed by atoms with Crippen LogP contribution in [-0.2, 0) is 0 Å². The van der Waals surface area contributed by atoms with Gasteiger partial charge in [0.15, 0.2) is 0 Å². The second kappa shape index (κ2) is 4.66. The second-order valence-corrected chi connectivity index (χ2v) is 4.04. The third kappa shape index (κ3) is 2.63.